The van der Waals surface area contributed by atoms with Crippen molar-refractivity contribution in [2.24, 2.45) is 5.73 Å². The first-order valence-corrected chi connectivity index (χ1v) is 9.87. The minimum Gasteiger partial charge on any atom is -0.457 e. The molecule has 3 aromatic rings. The third-order valence-corrected chi connectivity index (χ3v) is 4.24. The summed E-state index contributed by atoms with van der Waals surface area (Å²) in [5, 5.41) is 4.93. The molecule has 3 rings (SSSR count). The highest BCUT2D eigenvalue weighted by Crippen LogP contribution is 2.26. The summed E-state index contributed by atoms with van der Waals surface area (Å²) >= 11 is 0. The monoisotopic (exact) mass is 468 g/mol. The molecule has 0 saturated heterocycles. The van der Waals surface area contributed by atoms with Crippen LogP contribution in [0.15, 0.2) is 48.9 Å². The molecule has 34 heavy (non-hydrogen) atoms. The van der Waals surface area contributed by atoms with Crippen molar-refractivity contribution in [2.45, 2.75) is 26.2 Å². The molecule has 0 aliphatic rings. The van der Waals surface area contributed by atoms with E-state index in [9.17, 15) is 18.8 Å². The second kappa shape index (κ2) is 9.90. The highest BCUT2D eigenvalue weighted by molar-refractivity contribution is 5.99. The molecule has 2 heterocycles. The number of carbonyl (C=O) groups is 3. The van der Waals surface area contributed by atoms with Crippen LogP contribution in [0.5, 0.6) is 11.5 Å². The third kappa shape index (κ3) is 6.45. The molecule has 0 radical (unpaired) electrons. The predicted molar refractivity (Wildman–Crippen MR) is 119 cm³/mol. The molecule has 2 aromatic heterocycles. The zero-order valence-electron chi connectivity index (χ0n) is 18.5. The first-order chi connectivity index (χ1) is 16.0. The smallest absolute Gasteiger partial charge is 0.412 e. The second-order valence-electron chi connectivity index (χ2n) is 7.95. The number of anilines is 2. The molecular formula is C22H21FN6O5. The lowest BCUT2D eigenvalue weighted by molar-refractivity contribution is 0.0631. The summed E-state index contributed by atoms with van der Waals surface area (Å²) in [5.41, 5.74) is 4.96. The maximum Gasteiger partial charge on any atom is 0.412 e. The van der Waals surface area contributed by atoms with Crippen LogP contribution in [0.3, 0.4) is 0 Å². The summed E-state index contributed by atoms with van der Waals surface area (Å²) in [6.07, 6.45) is 1.30. The number of benzene rings is 1. The first-order valence-electron chi connectivity index (χ1n) is 9.87. The Bertz CT molecular complexity index is 1240. The van der Waals surface area contributed by atoms with Crippen molar-refractivity contribution in [3.63, 3.8) is 0 Å². The molecule has 12 heteroatoms. The number of amides is 3. The van der Waals surface area contributed by atoms with Crippen molar-refractivity contribution in [1.82, 2.24) is 15.0 Å². The van der Waals surface area contributed by atoms with Crippen molar-refractivity contribution in [2.75, 3.05) is 10.6 Å². The van der Waals surface area contributed by atoms with E-state index in [0.29, 0.717) is 0 Å². The number of pyridine rings is 1. The molecule has 0 aliphatic heterocycles. The number of halogens is 1. The molecule has 176 valence electrons. The molecule has 0 unspecified atom stereocenters. The standard InChI is InChI=1S/C22H21FN6O5/c1-22(2,3)17-10-18(27-11-26-17)29-21(32)28-15-5-4-12(8-14(15)23)33-13-6-7-25-16(9-13)19(30)34-20(24)31/h4-11H,1-3H3,(H2,24,31)(H2,26,27,28,29,32). The van der Waals surface area contributed by atoms with Gasteiger partial charge in [-0.05, 0) is 18.2 Å². The van der Waals surface area contributed by atoms with Crippen LogP contribution in [0, 0.1) is 5.82 Å². The van der Waals surface area contributed by atoms with Crippen LogP contribution in [0.4, 0.5) is 25.5 Å². The van der Waals surface area contributed by atoms with Gasteiger partial charge in [-0.25, -0.2) is 33.7 Å². The van der Waals surface area contributed by atoms with E-state index in [2.05, 4.69) is 30.3 Å². The molecule has 0 aliphatic carbocycles. The predicted octanol–water partition coefficient (Wildman–Crippen LogP) is 3.98. The number of rotatable bonds is 5. The molecule has 0 saturated carbocycles. The molecular weight excluding hydrogens is 447 g/mol. The average molecular weight is 468 g/mol. The number of nitrogens with one attached hydrogen (secondary N) is 2. The van der Waals surface area contributed by atoms with Crippen LogP contribution in [-0.2, 0) is 10.2 Å². The number of aromatic nitrogens is 3. The Kier molecular flexibility index (Phi) is 7.00. The molecule has 11 nitrogen and oxygen atoms in total. The van der Waals surface area contributed by atoms with E-state index < -0.39 is 23.9 Å². The van der Waals surface area contributed by atoms with E-state index in [1.54, 1.807) is 6.07 Å². The van der Waals surface area contributed by atoms with Crippen molar-refractivity contribution in [1.29, 1.82) is 0 Å². The molecule has 3 amide bonds. The number of nitrogens with zero attached hydrogens (tertiary/aromatic N) is 3. The molecule has 0 bridgehead atoms. The van der Waals surface area contributed by atoms with E-state index in [0.717, 1.165) is 11.8 Å². The Hall–Kier alpha value is -4.61. The fraction of sp³-hybridized carbons (Fsp3) is 0.182. The summed E-state index contributed by atoms with van der Waals surface area (Å²) in [5.74, 6) is -1.36. The highest BCUT2D eigenvalue weighted by Gasteiger charge is 2.17. The van der Waals surface area contributed by atoms with Gasteiger partial charge in [0.25, 0.3) is 0 Å². The van der Waals surface area contributed by atoms with E-state index >= 15 is 0 Å². The SMILES string of the molecule is CC(C)(C)c1cc(NC(=O)Nc2ccc(Oc3ccnc(C(=O)OC(N)=O)c3)cc2F)ncn1. The normalized spacial score (nSPS) is 10.8. The Labute approximate surface area is 193 Å². The minimum atomic E-state index is -1.28. The van der Waals surface area contributed by atoms with Crippen LogP contribution >= 0.6 is 0 Å². The fourth-order valence-corrected chi connectivity index (χ4v) is 2.63. The van der Waals surface area contributed by atoms with Gasteiger partial charge in [0.2, 0.25) is 0 Å². The van der Waals surface area contributed by atoms with Gasteiger partial charge in [-0.1, -0.05) is 20.8 Å². The molecule has 1 aromatic carbocycles. The van der Waals surface area contributed by atoms with Crippen molar-refractivity contribution in [3.8, 4) is 11.5 Å². The van der Waals surface area contributed by atoms with Crippen molar-refractivity contribution < 1.29 is 28.2 Å². The Morgan fingerprint density at radius 1 is 0.971 bits per heavy atom. The molecule has 0 atom stereocenters. The number of urea groups is 1. The summed E-state index contributed by atoms with van der Waals surface area (Å²) < 4.78 is 24.3. The largest absolute Gasteiger partial charge is 0.457 e. The van der Waals surface area contributed by atoms with Gasteiger partial charge in [0.15, 0.2) is 5.69 Å². The Morgan fingerprint density at radius 3 is 2.38 bits per heavy atom. The summed E-state index contributed by atoms with van der Waals surface area (Å²) in [7, 11) is 0. The maximum atomic E-state index is 14.5. The third-order valence-electron chi connectivity index (χ3n) is 4.24. The van der Waals surface area contributed by atoms with Crippen LogP contribution in [-0.4, -0.2) is 33.0 Å². The topological polar surface area (TPSA) is 158 Å². The number of primary amides is 1. The van der Waals surface area contributed by atoms with Gasteiger partial charge in [0, 0.05) is 29.8 Å². The highest BCUT2D eigenvalue weighted by atomic mass is 19.1. The Morgan fingerprint density at radius 2 is 1.71 bits per heavy atom. The van der Waals surface area contributed by atoms with Crippen LogP contribution in [0.25, 0.3) is 0 Å². The zero-order chi connectivity index (χ0) is 24.9. The average Bonchev–Trinajstić information content (AvgIpc) is 2.75. The van der Waals surface area contributed by atoms with E-state index in [-0.39, 0.29) is 34.1 Å². The van der Waals surface area contributed by atoms with Crippen molar-refractivity contribution in [3.05, 3.63) is 66.1 Å². The van der Waals surface area contributed by atoms with Gasteiger partial charge in [-0.15, -0.1) is 0 Å². The number of nitrogens with two attached hydrogens (primary N) is 1. The Balaban J connectivity index is 1.66. The van der Waals surface area contributed by atoms with Gasteiger partial charge in [0.05, 0.1) is 11.4 Å². The van der Waals surface area contributed by atoms with Crippen molar-refractivity contribution >= 4 is 29.6 Å². The maximum absolute atomic E-state index is 14.5. The van der Waals surface area contributed by atoms with Crippen LogP contribution < -0.4 is 21.1 Å². The number of hydrogen-bond donors (Lipinski definition) is 3. The van der Waals surface area contributed by atoms with Gasteiger partial charge >= 0.3 is 18.1 Å². The second-order valence-corrected chi connectivity index (χ2v) is 7.95. The van der Waals surface area contributed by atoms with Crippen LogP contribution in [0.1, 0.15) is 37.0 Å². The summed E-state index contributed by atoms with van der Waals surface area (Å²) in [6, 6.07) is 7.28. The number of ether oxygens (including phenoxy) is 2. The van der Waals surface area contributed by atoms with Gasteiger partial charge in [-0.3, -0.25) is 5.32 Å². The zero-order valence-corrected chi connectivity index (χ0v) is 18.5. The molecule has 0 fully saturated rings. The van der Waals surface area contributed by atoms with Gasteiger partial charge in [-0.2, -0.15) is 0 Å². The minimum absolute atomic E-state index is 0.0782. The van der Waals surface area contributed by atoms with Gasteiger partial charge in [0.1, 0.15) is 29.5 Å². The van der Waals surface area contributed by atoms with Gasteiger partial charge < -0.3 is 20.5 Å². The number of hydrogen-bond acceptors (Lipinski definition) is 8. The van der Waals surface area contributed by atoms with E-state index in [1.165, 1.54) is 36.8 Å². The number of carbonyl (C=O) groups excluding carboxylic acids is 3. The quantitative estimate of drug-likeness (QED) is 0.375. The lowest BCUT2D eigenvalue weighted by Gasteiger charge is -2.18. The molecule has 4 N–H and O–H groups in total. The molecule has 0 spiro atoms. The van der Waals surface area contributed by atoms with E-state index in [1.807, 2.05) is 20.8 Å². The lowest BCUT2D eigenvalue weighted by Crippen LogP contribution is -2.22. The first kappa shape index (κ1) is 24.0. The lowest BCUT2D eigenvalue weighted by atomic mass is 9.92. The summed E-state index contributed by atoms with van der Waals surface area (Å²) in [6.45, 7) is 5.91. The summed E-state index contributed by atoms with van der Waals surface area (Å²) in [4.78, 5) is 46.6. The number of esters is 1. The fourth-order valence-electron chi connectivity index (χ4n) is 2.63. The van der Waals surface area contributed by atoms with Crippen LogP contribution in [0.2, 0.25) is 0 Å². The van der Waals surface area contributed by atoms with E-state index in [4.69, 9.17) is 10.5 Å².